The van der Waals surface area contributed by atoms with Gasteiger partial charge >= 0.3 is 0 Å². The summed E-state index contributed by atoms with van der Waals surface area (Å²) in [5, 5.41) is 5.77. The Morgan fingerprint density at radius 1 is 1.44 bits per heavy atom. The number of nitrogens with one attached hydrogen (secondary N) is 1. The maximum absolute atomic E-state index is 3.54. The van der Waals surface area contributed by atoms with Crippen molar-refractivity contribution in [3.05, 3.63) is 20.8 Å². The van der Waals surface area contributed by atoms with Gasteiger partial charge in [-0.2, -0.15) is 0 Å². The van der Waals surface area contributed by atoms with Gasteiger partial charge in [-0.1, -0.05) is 0 Å². The van der Waals surface area contributed by atoms with Crippen molar-refractivity contribution in [1.82, 2.24) is 10.2 Å². The van der Waals surface area contributed by atoms with E-state index in [-0.39, 0.29) is 5.54 Å². The van der Waals surface area contributed by atoms with Crippen LogP contribution < -0.4 is 5.32 Å². The molecule has 1 heterocycles. The third-order valence-electron chi connectivity index (χ3n) is 3.02. The van der Waals surface area contributed by atoms with Gasteiger partial charge in [0.1, 0.15) is 0 Å². The Morgan fingerprint density at radius 3 is 2.61 bits per heavy atom. The molecule has 0 radical (unpaired) electrons. The molecule has 104 valence electrons. The van der Waals surface area contributed by atoms with Crippen molar-refractivity contribution in [2.75, 3.05) is 13.6 Å². The van der Waals surface area contributed by atoms with Crippen molar-refractivity contribution in [1.29, 1.82) is 0 Å². The minimum Gasteiger partial charge on any atom is -0.312 e. The van der Waals surface area contributed by atoms with E-state index in [1.807, 2.05) is 0 Å². The molecule has 1 unspecified atom stereocenters. The summed E-state index contributed by atoms with van der Waals surface area (Å²) < 4.78 is 1.22. The van der Waals surface area contributed by atoms with Crippen LogP contribution in [0.15, 0.2) is 15.2 Å². The minimum absolute atomic E-state index is 0.219. The smallest absolute Gasteiger partial charge is 0.0701 e. The quantitative estimate of drug-likeness (QED) is 0.843. The van der Waals surface area contributed by atoms with E-state index in [2.05, 4.69) is 72.3 Å². The Hall–Kier alpha value is 0.100. The van der Waals surface area contributed by atoms with Gasteiger partial charge in [-0.15, -0.1) is 11.3 Å². The van der Waals surface area contributed by atoms with E-state index in [0.717, 1.165) is 13.1 Å². The van der Waals surface area contributed by atoms with Gasteiger partial charge in [0.2, 0.25) is 0 Å². The van der Waals surface area contributed by atoms with Crippen molar-refractivity contribution in [3.63, 3.8) is 0 Å². The molecule has 0 aromatic carbocycles. The fourth-order valence-electron chi connectivity index (χ4n) is 1.75. The average molecular weight is 333 g/mol. The van der Waals surface area contributed by atoms with Crippen LogP contribution in [0.2, 0.25) is 0 Å². The van der Waals surface area contributed by atoms with Crippen molar-refractivity contribution in [3.8, 4) is 0 Å². The Kier molecular flexibility index (Phi) is 6.31. The lowest BCUT2D eigenvalue weighted by molar-refractivity contribution is 0.231. The second-order valence-corrected chi connectivity index (χ2v) is 8.28. The topological polar surface area (TPSA) is 15.3 Å². The summed E-state index contributed by atoms with van der Waals surface area (Å²) in [5.74, 6) is 0. The van der Waals surface area contributed by atoms with Gasteiger partial charge in [0, 0.05) is 18.1 Å². The number of nitrogens with zero attached hydrogens (tertiary/aromatic N) is 1. The summed E-state index contributed by atoms with van der Waals surface area (Å²) in [6.45, 7) is 11.0. The normalized spacial score (nSPS) is 14.2. The van der Waals surface area contributed by atoms with E-state index in [4.69, 9.17) is 0 Å². The van der Waals surface area contributed by atoms with E-state index < -0.39 is 0 Å². The Labute approximate surface area is 124 Å². The fourth-order valence-corrected chi connectivity index (χ4v) is 2.95. The molecule has 0 aliphatic carbocycles. The van der Waals surface area contributed by atoms with Gasteiger partial charge in [-0.25, -0.2) is 0 Å². The van der Waals surface area contributed by atoms with E-state index in [0.29, 0.717) is 6.04 Å². The second-order valence-electron chi connectivity index (χ2n) is 5.99. The zero-order valence-electron chi connectivity index (χ0n) is 12.1. The molecule has 18 heavy (non-hydrogen) atoms. The lowest BCUT2D eigenvalue weighted by Gasteiger charge is -2.27. The Balaban J connectivity index is 2.30. The summed E-state index contributed by atoms with van der Waals surface area (Å²) in [5.41, 5.74) is 1.61. The third kappa shape index (κ3) is 6.32. The van der Waals surface area contributed by atoms with Crippen LogP contribution in [0.3, 0.4) is 0 Å². The second kappa shape index (κ2) is 7.04. The molecular formula is C14H25BrN2S. The highest BCUT2D eigenvalue weighted by Crippen LogP contribution is 2.22. The van der Waals surface area contributed by atoms with Crippen LogP contribution >= 0.6 is 27.3 Å². The first-order chi connectivity index (χ1) is 8.28. The molecule has 0 saturated carbocycles. The highest BCUT2D eigenvalue weighted by atomic mass is 79.9. The molecule has 0 aliphatic heterocycles. The van der Waals surface area contributed by atoms with Gasteiger partial charge in [0.15, 0.2) is 0 Å². The lowest BCUT2D eigenvalue weighted by atomic mass is 10.1. The third-order valence-corrected chi connectivity index (χ3v) is 4.58. The molecule has 1 N–H and O–H groups in total. The first-order valence-electron chi connectivity index (χ1n) is 6.46. The van der Waals surface area contributed by atoms with Gasteiger partial charge < -0.3 is 5.32 Å². The monoisotopic (exact) mass is 332 g/mol. The van der Waals surface area contributed by atoms with Crippen LogP contribution in [-0.2, 0) is 6.54 Å². The van der Waals surface area contributed by atoms with E-state index in [1.54, 1.807) is 11.3 Å². The first-order valence-corrected chi connectivity index (χ1v) is 8.13. The van der Waals surface area contributed by atoms with Crippen molar-refractivity contribution >= 4 is 27.3 Å². The average Bonchev–Trinajstić information content (AvgIpc) is 2.61. The molecule has 1 atom stereocenters. The lowest BCUT2D eigenvalue weighted by Crippen LogP contribution is -2.39. The van der Waals surface area contributed by atoms with Crippen LogP contribution in [0.1, 0.15) is 39.7 Å². The van der Waals surface area contributed by atoms with Crippen LogP contribution in [0.25, 0.3) is 0 Å². The summed E-state index contributed by atoms with van der Waals surface area (Å²) in [4.78, 5) is 2.42. The molecule has 0 fully saturated rings. The molecule has 0 aliphatic rings. The Bertz CT molecular complexity index is 357. The van der Waals surface area contributed by atoms with Gasteiger partial charge in [-0.05, 0) is 80.6 Å². The maximum Gasteiger partial charge on any atom is 0.0701 e. The number of rotatable bonds is 6. The molecule has 0 amide bonds. The minimum atomic E-state index is 0.219. The SMILES string of the molecule is CC(CCNC(C)(C)C)N(C)Cc1csc(Br)c1. The number of halogens is 1. The van der Waals surface area contributed by atoms with Crippen LogP contribution in [0.5, 0.6) is 0 Å². The van der Waals surface area contributed by atoms with Gasteiger partial charge in [-0.3, -0.25) is 4.90 Å². The van der Waals surface area contributed by atoms with Crippen LogP contribution in [-0.4, -0.2) is 30.1 Å². The number of thiophene rings is 1. The molecular weight excluding hydrogens is 308 g/mol. The Morgan fingerprint density at radius 2 is 2.11 bits per heavy atom. The predicted molar refractivity (Wildman–Crippen MR) is 85.3 cm³/mol. The molecule has 2 nitrogen and oxygen atoms in total. The molecule has 0 bridgehead atoms. The number of hydrogen-bond acceptors (Lipinski definition) is 3. The molecule has 0 saturated heterocycles. The van der Waals surface area contributed by atoms with Crippen molar-refractivity contribution in [2.45, 2.75) is 52.2 Å². The van der Waals surface area contributed by atoms with E-state index >= 15 is 0 Å². The summed E-state index contributed by atoms with van der Waals surface area (Å²) in [7, 11) is 2.20. The molecule has 4 heteroatoms. The first kappa shape index (κ1) is 16.2. The highest BCUT2D eigenvalue weighted by Gasteiger charge is 2.13. The van der Waals surface area contributed by atoms with Gasteiger partial charge in [0.05, 0.1) is 3.79 Å². The van der Waals surface area contributed by atoms with Crippen molar-refractivity contribution < 1.29 is 0 Å². The van der Waals surface area contributed by atoms with E-state index in [1.165, 1.54) is 15.8 Å². The predicted octanol–water partition coefficient (Wildman–Crippen LogP) is 4.11. The number of hydrogen-bond donors (Lipinski definition) is 1. The summed E-state index contributed by atoms with van der Waals surface area (Å²) in [6.07, 6.45) is 1.18. The largest absolute Gasteiger partial charge is 0.312 e. The zero-order valence-corrected chi connectivity index (χ0v) is 14.5. The molecule has 1 aromatic heterocycles. The summed E-state index contributed by atoms with van der Waals surface area (Å²) in [6, 6.07) is 2.81. The molecule has 1 rings (SSSR count). The summed E-state index contributed by atoms with van der Waals surface area (Å²) >= 11 is 5.27. The zero-order chi connectivity index (χ0) is 13.8. The van der Waals surface area contributed by atoms with Crippen LogP contribution in [0.4, 0.5) is 0 Å². The highest BCUT2D eigenvalue weighted by molar-refractivity contribution is 9.11. The van der Waals surface area contributed by atoms with Crippen molar-refractivity contribution in [2.24, 2.45) is 0 Å². The fraction of sp³-hybridized carbons (Fsp3) is 0.714. The molecule has 0 spiro atoms. The van der Waals surface area contributed by atoms with Gasteiger partial charge in [0.25, 0.3) is 0 Å². The van der Waals surface area contributed by atoms with Crippen LogP contribution in [0, 0.1) is 0 Å². The maximum atomic E-state index is 3.54. The molecule has 1 aromatic rings. The van der Waals surface area contributed by atoms with E-state index in [9.17, 15) is 0 Å². The standard InChI is InChI=1S/C14H25BrN2S/c1-11(6-7-16-14(2,3)4)17(5)9-12-8-13(15)18-10-12/h8,10-11,16H,6-7,9H2,1-5H3.